The largest absolute Gasteiger partial charge is 0.481 e. The molecule has 0 aliphatic carbocycles. The highest BCUT2D eigenvalue weighted by Gasteiger charge is 2.26. The number of hydrogen-bond acceptors (Lipinski definition) is 2. The summed E-state index contributed by atoms with van der Waals surface area (Å²) in [5.74, 6) is -0.195. The predicted molar refractivity (Wildman–Crippen MR) is 68.8 cm³/mol. The number of carboxylic acid groups (broad SMARTS) is 1. The quantitative estimate of drug-likeness (QED) is 0.796. The van der Waals surface area contributed by atoms with Crippen LogP contribution in [-0.4, -0.2) is 17.6 Å². The average molecular weight is 235 g/mol. The van der Waals surface area contributed by atoms with E-state index in [4.69, 9.17) is 10.8 Å². The number of rotatable bonds is 6. The lowest BCUT2D eigenvalue weighted by Crippen LogP contribution is -2.27. The number of nitrogens with two attached hydrogens (primary N) is 1. The first kappa shape index (κ1) is 13.7. The highest BCUT2D eigenvalue weighted by molar-refractivity contribution is 5.67. The SMILES string of the molecule is CC(C)C(c1ccccc1)C(CN)CC(=O)O. The monoisotopic (exact) mass is 235 g/mol. The first-order valence-corrected chi connectivity index (χ1v) is 6.03. The molecule has 0 fully saturated rings. The van der Waals surface area contributed by atoms with Crippen LogP contribution in [0.4, 0.5) is 0 Å². The summed E-state index contributed by atoms with van der Waals surface area (Å²) in [6.07, 6.45) is 0.133. The van der Waals surface area contributed by atoms with Gasteiger partial charge in [0.15, 0.2) is 0 Å². The number of hydrogen-bond donors (Lipinski definition) is 2. The maximum Gasteiger partial charge on any atom is 0.303 e. The summed E-state index contributed by atoms with van der Waals surface area (Å²) in [5, 5.41) is 8.94. The molecule has 3 nitrogen and oxygen atoms in total. The second-order valence-electron chi connectivity index (χ2n) is 4.77. The smallest absolute Gasteiger partial charge is 0.303 e. The molecule has 1 rings (SSSR count). The summed E-state index contributed by atoms with van der Waals surface area (Å²) >= 11 is 0. The first-order valence-electron chi connectivity index (χ1n) is 6.03. The lowest BCUT2D eigenvalue weighted by atomic mass is 9.77. The van der Waals surface area contributed by atoms with E-state index in [1.165, 1.54) is 5.56 Å². The summed E-state index contributed by atoms with van der Waals surface area (Å²) < 4.78 is 0. The molecule has 17 heavy (non-hydrogen) atoms. The first-order chi connectivity index (χ1) is 8.06. The molecule has 0 heterocycles. The minimum Gasteiger partial charge on any atom is -0.481 e. The second kappa shape index (κ2) is 6.40. The van der Waals surface area contributed by atoms with Crippen molar-refractivity contribution in [3.8, 4) is 0 Å². The van der Waals surface area contributed by atoms with E-state index >= 15 is 0 Å². The Morgan fingerprint density at radius 2 is 1.88 bits per heavy atom. The van der Waals surface area contributed by atoms with Crippen molar-refractivity contribution in [2.75, 3.05) is 6.54 Å². The topological polar surface area (TPSA) is 63.3 Å². The van der Waals surface area contributed by atoms with Gasteiger partial charge in [-0.2, -0.15) is 0 Å². The second-order valence-corrected chi connectivity index (χ2v) is 4.77. The molecule has 3 heteroatoms. The van der Waals surface area contributed by atoms with Crippen LogP contribution >= 0.6 is 0 Å². The number of carbonyl (C=O) groups is 1. The fourth-order valence-electron chi connectivity index (χ4n) is 2.46. The highest BCUT2D eigenvalue weighted by Crippen LogP contribution is 2.33. The molecule has 0 aromatic heterocycles. The fraction of sp³-hybridized carbons (Fsp3) is 0.500. The molecular weight excluding hydrogens is 214 g/mol. The molecule has 0 saturated carbocycles. The van der Waals surface area contributed by atoms with Gasteiger partial charge in [0, 0.05) is 6.42 Å². The van der Waals surface area contributed by atoms with Gasteiger partial charge in [-0.3, -0.25) is 4.79 Å². The molecule has 1 aromatic carbocycles. The van der Waals surface area contributed by atoms with E-state index in [9.17, 15) is 4.79 Å². The van der Waals surface area contributed by atoms with Crippen LogP contribution < -0.4 is 5.73 Å². The highest BCUT2D eigenvalue weighted by atomic mass is 16.4. The van der Waals surface area contributed by atoms with Gasteiger partial charge in [0.2, 0.25) is 0 Å². The van der Waals surface area contributed by atoms with E-state index < -0.39 is 5.97 Å². The Morgan fingerprint density at radius 3 is 2.29 bits per heavy atom. The maximum atomic E-state index is 10.9. The van der Waals surface area contributed by atoms with Crippen LogP contribution in [0.25, 0.3) is 0 Å². The lowest BCUT2D eigenvalue weighted by Gasteiger charge is -2.28. The van der Waals surface area contributed by atoms with Crippen LogP contribution in [0.15, 0.2) is 30.3 Å². The Bertz CT molecular complexity index is 348. The minimum absolute atomic E-state index is 0.00472. The summed E-state index contributed by atoms with van der Waals surface area (Å²) in [6.45, 7) is 4.63. The summed E-state index contributed by atoms with van der Waals surface area (Å²) in [6, 6.07) is 10.0. The lowest BCUT2D eigenvalue weighted by molar-refractivity contribution is -0.138. The zero-order chi connectivity index (χ0) is 12.8. The molecule has 0 aliphatic heterocycles. The third-order valence-corrected chi connectivity index (χ3v) is 3.15. The Morgan fingerprint density at radius 1 is 1.29 bits per heavy atom. The molecule has 94 valence electrons. The standard InChI is InChI=1S/C14H21NO2/c1-10(2)14(11-6-4-3-5-7-11)12(9-15)8-13(16)17/h3-7,10,12,14H,8-9,15H2,1-2H3,(H,16,17). The Kier molecular flexibility index (Phi) is 5.16. The van der Waals surface area contributed by atoms with Crippen molar-refractivity contribution in [3.63, 3.8) is 0 Å². The molecule has 3 N–H and O–H groups in total. The van der Waals surface area contributed by atoms with Crippen LogP contribution in [0.2, 0.25) is 0 Å². The summed E-state index contributed by atoms with van der Waals surface area (Å²) in [5.41, 5.74) is 6.91. The van der Waals surface area contributed by atoms with Crippen molar-refractivity contribution >= 4 is 5.97 Å². The Balaban J connectivity index is 2.95. The van der Waals surface area contributed by atoms with Crippen molar-refractivity contribution in [1.82, 2.24) is 0 Å². The van der Waals surface area contributed by atoms with E-state index in [0.717, 1.165) is 0 Å². The average Bonchev–Trinajstić information content (AvgIpc) is 2.28. The Labute approximate surface area is 103 Å². The van der Waals surface area contributed by atoms with Crippen LogP contribution in [0.5, 0.6) is 0 Å². The fourth-order valence-corrected chi connectivity index (χ4v) is 2.46. The maximum absolute atomic E-state index is 10.9. The van der Waals surface area contributed by atoms with E-state index in [2.05, 4.69) is 26.0 Å². The number of carboxylic acids is 1. The molecule has 0 radical (unpaired) electrons. The molecule has 0 spiro atoms. The van der Waals surface area contributed by atoms with Crippen molar-refractivity contribution in [1.29, 1.82) is 0 Å². The van der Waals surface area contributed by atoms with Gasteiger partial charge in [-0.25, -0.2) is 0 Å². The molecule has 0 saturated heterocycles. The Hall–Kier alpha value is -1.35. The van der Waals surface area contributed by atoms with Gasteiger partial charge in [-0.15, -0.1) is 0 Å². The van der Waals surface area contributed by atoms with E-state index in [1.807, 2.05) is 18.2 Å². The van der Waals surface area contributed by atoms with Crippen molar-refractivity contribution in [2.24, 2.45) is 17.6 Å². The van der Waals surface area contributed by atoms with Crippen molar-refractivity contribution < 1.29 is 9.90 Å². The normalized spacial score (nSPS) is 14.6. The molecule has 2 atom stereocenters. The van der Waals surface area contributed by atoms with Crippen LogP contribution in [0.3, 0.4) is 0 Å². The zero-order valence-corrected chi connectivity index (χ0v) is 10.5. The van der Waals surface area contributed by atoms with Gasteiger partial charge in [0.1, 0.15) is 0 Å². The molecule has 0 aliphatic rings. The minimum atomic E-state index is -0.776. The van der Waals surface area contributed by atoms with Gasteiger partial charge >= 0.3 is 5.97 Å². The molecular formula is C14H21NO2. The van der Waals surface area contributed by atoms with E-state index in [0.29, 0.717) is 12.5 Å². The zero-order valence-electron chi connectivity index (χ0n) is 10.5. The van der Waals surface area contributed by atoms with Gasteiger partial charge < -0.3 is 10.8 Å². The van der Waals surface area contributed by atoms with Crippen LogP contribution in [0.1, 0.15) is 31.7 Å². The van der Waals surface area contributed by atoms with Gasteiger partial charge in [-0.05, 0) is 29.9 Å². The number of aliphatic carboxylic acids is 1. The van der Waals surface area contributed by atoms with Gasteiger partial charge in [-0.1, -0.05) is 44.2 Å². The van der Waals surface area contributed by atoms with Gasteiger partial charge in [0.25, 0.3) is 0 Å². The molecule has 1 aromatic rings. The van der Waals surface area contributed by atoms with Crippen LogP contribution in [-0.2, 0) is 4.79 Å². The van der Waals surface area contributed by atoms with Crippen molar-refractivity contribution in [3.05, 3.63) is 35.9 Å². The third-order valence-electron chi connectivity index (χ3n) is 3.15. The number of benzene rings is 1. The summed E-state index contributed by atoms with van der Waals surface area (Å²) in [4.78, 5) is 10.9. The molecule has 2 unspecified atom stereocenters. The van der Waals surface area contributed by atoms with Gasteiger partial charge in [0.05, 0.1) is 0 Å². The molecule has 0 amide bonds. The third kappa shape index (κ3) is 3.86. The van der Waals surface area contributed by atoms with Crippen LogP contribution in [0, 0.1) is 11.8 Å². The van der Waals surface area contributed by atoms with E-state index in [-0.39, 0.29) is 18.3 Å². The predicted octanol–water partition coefficient (Wildman–Crippen LogP) is 2.48. The van der Waals surface area contributed by atoms with E-state index in [1.54, 1.807) is 0 Å². The summed E-state index contributed by atoms with van der Waals surface area (Å²) in [7, 11) is 0. The van der Waals surface area contributed by atoms with Crippen molar-refractivity contribution in [2.45, 2.75) is 26.2 Å². The molecule has 0 bridgehead atoms.